The van der Waals surface area contributed by atoms with Gasteiger partial charge in [-0.2, -0.15) is 0 Å². The summed E-state index contributed by atoms with van der Waals surface area (Å²) >= 11 is 0. The minimum atomic E-state index is -0.0470. The third-order valence-corrected chi connectivity index (χ3v) is 1.07. The molecule has 1 unspecified atom stereocenters. The van der Waals surface area contributed by atoms with Crippen LogP contribution >= 0.6 is 0 Å². The second-order valence-corrected chi connectivity index (χ2v) is 1.79. The average Bonchev–Trinajstić information content (AvgIpc) is 2.22. The van der Waals surface area contributed by atoms with Gasteiger partial charge in [0.2, 0.25) is 5.49 Å². The van der Waals surface area contributed by atoms with Gasteiger partial charge in [0.05, 0.1) is 0 Å². The van der Waals surface area contributed by atoms with Gasteiger partial charge in [-0.3, -0.25) is 0 Å². The maximum atomic E-state index is 4.62. The number of aromatic nitrogens is 2. The van der Waals surface area contributed by atoms with Crippen LogP contribution in [-0.2, 0) is 0 Å². The molecular weight excluding hydrogens is 120 g/mol. The molecule has 1 aromatic rings. The van der Waals surface area contributed by atoms with Crippen LogP contribution in [0.4, 0.5) is 0 Å². The summed E-state index contributed by atoms with van der Waals surface area (Å²) in [6.07, 6.45) is -0.0470. The van der Waals surface area contributed by atoms with Crippen molar-refractivity contribution in [3.8, 4) is 0 Å². The first-order valence-corrected chi connectivity index (χ1v) is 2.60. The maximum Gasteiger partial charge on any atom is 0.295 e. The van der Waals surface area contributed by atoms with Crippen molar-refractivity contribution in [1.29, 1.82) is 0 Å². The molecule has 0 aromatic carbocycles. The lowest BCUT2D eigenvalue weighted by Crippen LogP contribution is -2.17. The van der Waals surface area contributed by atoms with Crippen molar-refractivity contribution in [2.24, 2.45) is 9.98 Å². The first kappa shape index (κ1) is 4.60. The Morgan fingerprint density at radius 1 is 1.44 bits per heavy atom. The van der Waals surface area contributed by atoms with Crippen molar-refractivity contribution in [3.05, 3.63) is 11.0 Å². The molecule has 0 aliphatic carbocycles. The number of rotatable bonds is 0. The molecule has 0 saturated heterocycles. The van der Waals surface area contributed by atoms with Crippen LogP contribution < -0.4 is 11.0 Å². The molecule has 0 bridgehead atoms. The molecule has 2 rings (SSSR count). The van der Waals surface area contributed by atoms with Gasteiger partial charge in [0.1, 0.15) is 6.17 Å². The number of fused-ring (bicyclic) bond motifs is 1. The summed E-state index contributed by atoms with van der Waals surface area (Å²) in [6, 6.07) is 0. The highest BCUT2D eigenvalue weighted by Gasteiger charge is 2.07. The normalized spacial score (nSPS) is 22.6. The number of hydrogen-bond donors (Lipinski definition) is 0. The molecule has 0 saturated carbocycles. The Bertz CT molecular complexity index is 296. The fourth-order valence-corrected chi connectivity index (χ4v) is 0.719. The minimum Gasteiger partial charge on any atom is -0.314 e. The van der Waals surface area contributed by atoms with Gasteiger partial charge in [-0.25, -0.2) is 9.98 Å². The molecule has 5 heteroatoms. The highest BCUT2D eigenvalue weighted by atomic mass is 16.5. The van der Waals surface area contributed by atoms with E-state index in [0.717, 1.165) is 0 Å². The zero-order chi connectivity index (χ0) is 6.27. The van der Waals surface area contributed by atoms with Crippen LogP contribution in [0.2, 0.25) is 0 Å². The minimum absolute atomic E-state index is 0.0470. The summed E-state index contributed by atoms with van der Waals surface area (Å²) in [5.41, 5.74) is 0.963. The van der Waals surface area contributed by atoms with Crippen molar-refractivity contribution in [1.82, 2.24) is 10.4 Å². The third-order valence-electron chi connectivity index (χ3n) is 1.07. The van der Waals surface area contributed by atoms with E-state index < -0.39 is 0 Å². The van der Waals surface area contributed by atoms with E-state index in [4.69, 9.17) is 0 Å². The predicted octanol–water partition coefficient (Wildman–Crippen LogP) is -1.33. The van der Waals surface area contributed by atoms with E-state index in [9.17, 15) is 0 Å². The standard InChI is InChI=1S/C4H4N4O/c1-2-5-3-4(6-2)9-8-7-3/h2H,1H3. The van der Waals surface area contributed by atoms with Crippen LogP contribution in [0.1, 0.15) is 6.92 Å². The molecule has 0 spiro atoms. The van der Waals surface area contributed by atoms with E-state index in [2.05, 4.69) is 24.9 Å². The van der Waals surface area contributed by atoms with Crippen LogP contribution in [-0.4, -0.2) is 16.5 Å². The van der Waals surface area contributed by atoms with Crippen molar-refractivity contribution in [2.75, 3.05) is 0 Å². The van der Waals surface area contributed by atoms with E-state index in [-0.39, 0.29) is 6.17 Å². The average molecular weight is 124 g/mol. The van der Waals surface area contributed by atoms with E-state index >= 15 is 0 Å². The molecule has 1 atom stereocenters. The lowest BCUT2D eigenvalue weighted by atomic mass is 10.6. The van der Waals surface area contributed by atoms with Crippen LogP contribution in [0.25, 0.3) is 0 Å². The largest absolute Gasteiger partial charge is 0.314 e. The van der Waals surface area contributed by atoms with Crippen LogP contribution in [0.5, 0.6) is 0 Å². The van der Waals surface area contributed by atoms with Crippen LogP contribution in [0, 0.1) is 0 Å². The molecule has 1 aliphatic heterocycles. The summed E-state index contributed by atoms with van der Waals surface area (Å²) < 4.78 is 4.62. The van der Waals surface area contributed by atoms with Gasteiger partial charge in [0.25, 0.3) is 5.55 Å². The Labute approximate surface area is 50.1 Å². The Kier molecular flexibility index (Phi) is 0.700. The van der Waals surface area contributed by atoms with Crippen molar-refractivity contribution >= 4 is 0 Å². The monoisotopic (exact) mass is 124 g/mol. The zero-order valence-corrected chi connectivity index (χ0v) is 4.77. The number of nitrogens with zero attached hydrogens (tertiary/aromatic N) is 4. The highest BCUT2D eigenvalue weighted by molar-refractivity contribution is 4.73. The van der Waals surface area contributed by atoms with Crippen molar-refractivity contribution in [3.63, 3.8) is 0 Å². The van der Waals surface area contributed by atoms with Crippen molar-refractivity contribution < 1.29 is 4.52 Å². The lowest BCUT2D eigenvalue weighted by molar-refractivity contribution is 0.355. The molecule has 46 valence electrons. The highest BCUT2D eigenvalue weighted by Crippen LogP contribution is 1.88. The SMILES string of the molecule is CC1N=c2nnoc2=N1. The van der Waals surface area contributed by atoms with Gasteiger partial charge >= 0.3 is 0 Å². The van der Waals surface area contributed by atoms with Crippen LogP contribution in [0.3, 0.4) is 0 Å². The lowest BCUT2D eigenvalue weighted by Gasteiger charge is -1.84. The topological polar surface area (TPSA) is 63.6 Å². The molecule has 2 heterocycles. The van der Waals surface area contributed by atoms with E-state index in [1.807, 2.05) is 6.92 Å². The second kappa shape index (κ2) is 1.37. The van der Waals surface area contributed by atoms with Gasteiger partial charge in [0.15, 0.2) is 0 Å². The summed E-state index contributed by atoms with van der Waals surface area (Å²) in [6.45, 7) is 1.86. The Morgan fingerprint density at radius 3 is 3.11 bits per heavy atom. The molecule has 0 N–H and O–H groups in total. The Morgan fingerprint density at radius 2 is 2.33 bits per heavy atom. The summed E-state index contributed by atoms with van der Waals surface area (Å²) in [5, 5.41) is 6.84. The van der Waals surface area contributed by atoms with Crippen LogP contribution in [0.15, 0.2) is 14.5 Å². The fourth-order valence-electron chi connectivity index (χ4n) is 0.719. The van der Waals surface area contributed by atoms with Gasteiger partial charge in [-0.1, -0.05) is 5.10 Å². The molecule has 0 radical (unpaired) electrons. The van der Waals surface area contributed by atoms with Crippen molar-refractivity contribution in [2.45, 2.75) is 13.1 Å². The second-order valence-electron chi connectivity index (χ2n) is 1.79. The molecular formula is C4H4N4O. The molecule has 9 heavy (non-hydrogen) atoms. The maximum absolute atomic E-state index is 4.62. The molecule has 0 amide bonds. The first-order valence-electron chi connectivity index (χ1n) is 2.60. The quantitative estimate of drug-likeness (QED) is 0.430. The molecule has 1 aromatic heterocycles. The molecule has 1 aliphatic rings. The van der Waals surface area contributed by atoms with E-state index in [0.29, 0.717) is 11.0 Å². The van der Waals surface area contributed by atoms with Gasteiger partial charge in [-0.15, -0.1) is 0 Å². The number of hydrogen-bond acceptors (Lipinski definition) is 5. The first-order chi connectivity index (χ1) is 4.36. The zero-order valence-electron chi connectivity index (χ0n) is 4.77. The molecule has 0 fully saturated rings. The van der Waals surface area contributed by atoms with E-state index in [1.165, 1.54) is 0 Å². The third kappa shape index (κ3) is 0.540. The Hall–Kier alpha value is -1.26. The predicted molar refractivity (Wildman–Crippen MR) is 26.1 cm³/mol. The summed E-state index contributed by atoms with van der Waals surface area (Å²) in [5.74, 6) is 0. The molecule has 5 nitrogen and oxygen atoms in total. The summed E-state index contributed by atoms with van der Waals surface area (Å²) in [4.78, 5) is 7.93. The van der Waals surface area contributed by atoms with Gasteiger partial charge in [0, 0.05) is 5.27 Å². The summed E-state index contributed by atoms with van der Waals surface area (Å²) in [7, 11) is 0. The smallest absolute Gasteiger partial charge is 0.295 e. The fraction of sp³-hybridized carbons (Fsp3) is 0.500. The Balaban J connectivity index is 2.85. The van der Waals surface area contributed by atoms with Gasteiger partial charge < -0.3 is 4.52 Å². The van der Waals surface area contributed by atoms with Gasteiger partial charge in [-0.05, 0) is 6.92 Å². The van der Waals surface area contributed by atoms with E-state index in [1.54, 1.807) is 0 Å².